The van der Waals surface area contributed by atoms with Crippen molar-refractivity contribution in [3.63, 3.8) is 0 Å². The fraction of sp³-hybridized carbons (Fsp3) is 0.719. The number of ketones is 1. The van der Waals surface area contributed by atoms with Gasteiger partial charge in [0.15, 0.2) is 5.13 Å². The van der Waals surface area contributed by atoms with Crippen molar-refractivity contribution in [3.8, 4) is 0 Å². The van der Waals surface area contributed by atoms with Gasteiger partial charge in [0.05, 0.1) is 34.1 Å². The lowest BCUT2D eigenvalue weighted by molar-refractivity contribution is -0.134. The molecule has 18 atom stereocenters. The summed E-state index contributed by atoms with van der Waals surface area (Å²) >= 11 is 2.36. The largest absolute Gasteiger partial charge is 0.375 e. The number of hydrogen-bond acceptors (Lipinski definition) is 10. The number of carbonyl (C=O) groups is 1. The van der Waals surface area contributed by atoms with Crippen LogP contribution in [0.5, 0.6) is 0 Å². The van der Waals surface area contributed by atoms with Crippen molar-refractivity contribution in [2.24, 2.45) is 74.9 Å². The Morgan fingerprint density at radius 2 is 1.12 bits per heavy atom. The zero-order chi connectivity index (χ0) is 52.3. The number of aromatic nitrogens is 7. The number of rotatable bonds is 5. The van der Waals surface area contributed by atoms with E-state index in [-0.39, 0.29) is 11.3 Å². The second-order valence-corrected chi connectivity index (χ2v) is 26.7. The van der Waals surface area contributed by atoms with Gasteiger partial charge in [0, 0.05) is 52.9 Å². The summed E-state index contributed by atoms with van der Waals surface area (Å²) in [7, 11) is 0. The Kier molecular flexibility index (Phi) is 14.8. The first-order valence-electron chi connectivity index (χ1n) is 28.3. The maximum Gasteiger partial charge on any atom is 0.180 e. The van der Waals surface area contributed by atoms with E-state index in [1.807, 2.05) is 0 Å². The standard InChI is InChI=1S/C28H37N5S.C27H36BrN3O.2CH4OS/c1-27-13-11-18(33-25-6-4-3-5-23(25)31-32-33)15-17(27)7-8-19-20-9-10-22(24-16-34-26(29)30-24)28(20,2)14-12-21(19)27;1-26-13-11-18(31-24-6-4-3-5-23(24)29-30-31)15-17(26)7-8-19-20-9-10-22(25(32)16-28)27(20,2)14-12-21(19)26;2*1-3-2/h3-6,16-22H,7-15H2,1-2H3,(H2,29,30);3-6,17-22H,7-16H2,1-2H3;2*3H,1H3/t17-,18-,19-,20-,21-,22+,27-,28-;17-,18-,19-,20-,21-,22+,26-,27-;;/m00../s1/i;;2*3D. The number of halogens is 1. The number of Topliss-reactive ketones (excluding diaryl/α,β-unsaturated/α-hetero) is 1. The van der Waals surface area contributed by atoms with E-state index in [0.29, 0.717) is 45.4 Å². The summed E-state index contributed by atoms with van der Waals surface area (Å²) in [4.78, 5) is 17.5. The Labute approximate surface area is 450 Å². The van der Waals surface area contributed by atoms with Crippen molar-refractivity contribution in [1.82, 2.24) is 35.0 Å². The number of carbonyl (C=O) groups excluding carboxylic acids is 1. The Hall–Kier alpha value is -2.88. The Balaban J connectivity index is 0.000000148. The minimum atomic E-state index is -1.36. The number of thiol groups is 2. The summed E-state index contributed by atoms with van der Waals surface area (Å²) in [6, 6.07) is 17.9. The molecule has 2 unspecified atom stereocenters. The molecule has 0 aliphatic heterocycles. The number of alkyl halides is 1. The number of nitrogens with zero attached hydrogens (tertiary/aromatic N) is 7. The highest BCUT2D eigenvalue weighted by atomic mass is 79.9. The number of fused-ring (bicyclic) bond motifs is 12. The van der Waals surface area contributed by atoms with Crippen LogP contribution in [-0.4, -0.2) is 69.3 Å². The van der Waals surface area contributed by atoms with Crippen molar-refractivity contribution >= 4 is 83.4 Å². The minimum absolute atomic E-state index is 0.242. The highest BCUT2D eigenvalue weighted by molar-refractivity contribution is 9.09. The topological polar surface area (TPSA) is 152 Å². The van der Waals surface area contributed by atoms with Crippen LogP contribution in [0.25, 0.3) is 22.1 Å². The quantitative estimate of drug-likeness (QED) is 0.115. The Morgan fingerprint density at radius 3 is 1.62 bits per heavy atom. The zero-order valence-electron chi connectivity index (χ0n) is 45.6. The van der Waals surface area contributed by atoms with Crippen LogP contribution in [0, 0.1) is 74.9 Å². The maximum atomic E-state index is 12.7. The van der Waals surface area contributed by atoms with E-state index in [1.54, 1.807) is 11.3 Å². The second kappa shape index (κ2) is 21.3. The molecule has 5 aromatic rings. The van der Waals surface area contributed by atoms with E-state index >= 15 is 0 Å². The molecule has 8 aliphatic rings. The van der Waals surface area contributed by atoms with Crippen LogP contribution < -0.4 is 5.73 Å². The monoisotopic (exact) mass is 1100 g/mol. The summed E-state index contributed by atoms with van der Waals surface area (Å²) in [6.45, 7) is 10.4. The van der Waals surface area contributed by atoms with Gasteiger partial charge in [0.2, 0.25) is 0 Å². The number of para-hydroxylation sites is 2. The molecule has 0 amide bonds. The molecule has 8 saturated carbocycles. The first-order valence-corrected chi connectivity index (χ1v) is 31.8. The molecular weight excluding hydrogens is 1020 g/mol. The lowest BCUT2D eigenvalue weighted by Crippen LogP contribution is -2.54. The molecule has 15 heteroatoms. The van der Waals surface area contributed by atoms with Crippen molar-refractivity contribution in [2.75, 3.05) is 23.6 Å². The molecule has 8 fully saturated rings. The van der Waals surface area contributed by atoms with Gasteiger partial charge >= 0.3 is 0 Å². The lowest BCUT2D eigenvalue weighted by Gasteiger charge is -2.61. The van der Waals surface area contributed by atoms with E-state index < -0.39 is 23.1 Å². The normalized spacial score (nSPS) is 40.8. The third-order valence-electron chi connectivity index (χ3n) is 22.1. The summed E-state index contributed by atoms with van der Waals surface area (Å²) < 4.78 is 35.0. The number of thiazole rings is 1. The van der Waals surface area contributed by atoms with Gasteiger partial charge in [0.1, 0.15) is 19.1 Å². The molecule has 0 saturated heterocycles. The fourth-order valence-electron chi connectivity index (χ4n) is 18.8. The van der Waals surface area contributed by atoms with Gasteiger partial charge in [-0.25, -0.2) is 14.3 Å². The molecule has 0 spiro atoms. The van der Waals surface area contributed by atoms with Crippen LogP contribution in [0.15, 0.2) is 53.9 Å². The lowest BCUT2D eigenvalue weighted by atomic mass is 9.44. The van der Waals surface area contributed by atoms with Crippen molar-refractivity contribution in [2.45, 2.75) is 161 Å². The first-order chi connectivity index (χ1) is 35.4. The van der Waals surface area contributed by atoms with E-state index in [0.717, 1.165) is 69.9 Å². The van der Waals surface area contributed by atoms with Gasteiger partial charge in [-0.2, -0.15) is 0 Å². The van der Waals surface area contributed by atoms with Crippen LogP contribution in [0.3, 0.4) is 0 Å². The predicted molar refractivity (Wildman–Crippen MR) is 299 cm³/mol. The molecule has 0 radical (unpaired) electrons. The van der Waals surface area contributed by atoms with E-state index in [4.69, 9.17) is 13.0 Å². The Bertz CT molecular complexity index is 2830. The SMILES string of the molecule is C[C@]12CC[C@H](n3nnc4ccccc43)C[C@@H]1CC[C@@H]1[C@@H]2CC[C@]2(C)[C@@H](C(=O)CBr)CC[C@@H]12.C[C@]12CC[C@H](n3nnc4ccccc43)C[C@@H]1CC[C@@H]1[C@@H]2CC[C@]2(C)[C@@H](c3csc(N)n3)CC[C@@H]12.[2H]S(C)=O.[2H]S(C)=O. The molecule has 8 aliphatic carbocycles. The Morgan fingerprint density at radius 1 is 0.667 bits per heavy atom. The van der Waals surface area contributed by atoms with Crippen LogP contribution in [0.4, 0.5) is 5.13 Å². The van der Waals surface area contributed by atoms with Gasteiger partial charge in [-0.05, 0) is 209 Å². The number of anilines is 1. The van der Waals surface area contributed by atoms with Gasteiger partial charge in [-0.15, -0.1) is 21.5 Å². The molecule has 0 bridgehead atoms. The second-order valence-electron chi connectivity index (χ2n) is 24.6. The summed E-state index contributed by atoms with van der Waals surface area (Å²) in [5, 5.41) is 21.6. The van der Waals surface area contributed by atoms with Crippen LogP contribution >= 0.6 is 27.3 Å². The predicted octanol–water partition coefficient (Wildman–Crippen LogP) is 12.6. The molecule has 13 rings (SSSR count). The molecule has 392 valence electrons. The first kappa shape index (κ1) is 50.0. The van der Waals surface area contributed by atoms with Crippen LogP contribution in [0.2, 0.25) is 0 Å². The molecule has 3 aromatic heterocycles. The fourth-order valence-corrected chi connectivity index (χ4v) is 19.8. The molecular formula is C57H81BrN8O3S3. The summed E-state index contributed by atoms with van der Waals surface area (Å²) in [5.74, 6) is 8.00. The smallest absolute Gasteiger partial charge is 0.180 e. The van der Waals surface area contributed by atoms with Crippen molar-refractivity contribution < 1.29 is 13.2 Å². The van der Waals surface area contributed by atoms with Gasteiger partial charge in [-0.1, -0.05) is 78.3 Å². The molecule has 11 nitrogen and oxygen atoms in total. The van der Waals surface area contributed by atoms with Gasteiger partial charge in [0.25, 0.3) is 0 Å². The minimum Gasteiger partial charge on any atom is -0.375 e. The van der Waals surface area contributed by atoms with Gasteiger partial charge < -0.3 is 5.73 Å². The average Bonchev–Trinajstić information content (AvgIpc) is 4.23. The van der Waals surface area contributed by atoms with Crippen molar-refractivity contribution in [1.29, 1.82) is 2.25 Å². The highest BCUT2D eigenvalue weighted by Crippen LogP contribution is 2.71. The number of nitrogen functional groups attached to an aromatic ring is 1. The number of benzene rings is 2. The molecule has 2 N–H and O–H groups in total. The van der Waals surface area contributed by atoms with E-state index in [2.05, 4.69) is 128 Å². The van der Waals surface area contributed by atoms with Crippen LogP contribution in [-0.2, 0) is 27.9 Å². The van der Waals surface area contributed by atoms with Crippen LogP contribution in [0.1, 0.15) is 167 Å². The number of nitrogens with two attached hydrogens (primary N) is 1. The molecule has 72 heavy (non-hydrogen) atoms. The maximum absolute atomic E-state index is 12.7. The number of hydrogen-bond donors (Lipinski definition) is 3. The van der Waals surface area contributed by atoms with E-state index in [9.17, 15) is 13.2 Å². The van der Waals surface area contributed by atoms with Crippen molar-refractivity contribution in [3.05, 3.63) is 59.6 Å². The summed E-state index contributed by atoms with van der Waals surface area (Å²) in [5.41, 5.74) is 13.3. The average molecular weight is 1100 g/mol. The summed E-state index contributed by atoms with van der Waals surface area (Å²) in [6.07, 6.45) is 26.2. The third-order valence-corrected chi connectivity index (χ3v) is 23.4. The zero-order valence-corrected chi connectivity index (χ0v) is 47.6. The molecule has 2 aromatic carbocycles. The van der Waals surface area contributed by atoms with Gasteiger partial charge in [-0.3, -0.25) is 13.2 Å². The molecule has 3 heterocycles. The third kappa shape index (κ3) is 9.04. The van der Waals surface area contributed by atoms with E-state index in [1.165, 1.54) is 138 Å². The highest BCUT2D eigenvalue weighted by Gasteiger charge is 2.63.